The van der Waals surface area contributed by atoms with Crippen LogP contribution in [0.3, 0.4) is 0 Å². The van der Waals surface area contributed by atoms with E-state index in [1.807, 2.05) is 0 Å². The molecule has 1 aromatic rings. The second-order valence-corrected chi connectivity index (χ2v) is 4.93. The van der Waals surface area contributed by atoms with Gasteiger partial charge in [0.15, 0.2) is 0 Å². The summed E-state index contributed by atoms with van der Waals surface area (Å²) in [5, 5.41) is -0.0679. The molecule has 17 heavy (non-hydrogen) atoms. The number of urea groups is 1. The summed E-state index contributed by atoms with van der Waals surface area (Å²) >= 11 is 5.76. The number of rotatable bonds is 3. The Morgan fingerprint density at radius 1 is 1.47 bits per heavy atom. The van der Waals surface area contributed by atoms with Crippen molar-refractivity contribution in [1.29, 1.82) is 0 Å². The number of nitrogens with one attached hydrogen (secondary N) is 2. The number of benzene rings is 1. The van der Waals surface area contributed by atoms with Gasteiger partial charge in [0.2, 0.25) is 0 Å². The summed E-state index contributed by atoms with van der Waals surface area (Å²) in [7, 11) is -2.64. The summed E-state index contributed by atoms with van der Waals surface area (Å²) in [6.45, 7) is 0. The number of carbonyl (C=O) groups is 1. The van der Waals surface area contributed by atoms with E-state index in [-0.39, 0.29) is 9.92 Å². The number of carbonyl (C=O) groups excluding carboxylic acids is 1. The molecular weight excluding hydrogens is 270 g/mol. The normalized spacial score (nSPS) is 10.8. The van der Waals surface area contributed by atoms with Gasteiger partial charge in [0, 0.05) is 6.07 Å². The maximum absolute atomic E-state index is 11.7. The second-order valence-electron chi connectivity index (χ2n) is 2.88. The second kappa shape index (κ2) is 5.21. The number of halogens is 1. The van der Waals surface area contributed by atoms with Crippen LogP contribution in [0.1, 0.15) is 0 Å². The number of ether oxygens (including phenoxy) is 1. The Hall–Kier alpha value is -1.51. The number of nitrogens with two attached hydrogens (primary N) is 1. The lowest BCUT2D eigenvalue weighted by molar-refractivity contribution is 0.246. The number of methoxy groups -OCH3 is 1. The van der Waals surface area contributed by atoms with E-state index in [0.717, 1.165) is 0 Å². The van der Waals surface area contributed by atoms with Gasteiger partial charge in [0.25, 0.3) is 10.0 Å². The molecule has 4 N–H and O–H groups in total. The van der Waals surface area contributed by atoms with E-state index in [4.69, 9.17) is 22.2 Å². The molecule has 0 unspecified atom stereocenters. The highest BCUT2D eigenvalue weighted by atomic mass is 35.5. The molecule has 0 radical (unpaired) electrons. The lowest BCUT2D eigenvalue weighted by Gasteiger charge is -2.08. The third kappa shape index (κ3) is 3.22. The van der Waals surface area contributed by atoms with Gasteiger partial charge in [-0.25, -0.2) is 23.8 Å². The fourth-order valence-corrected chi connectivity index (χ4v) is 2.48. The van der Waals surface area contributed by atoms with Gasteiger partial charge in [-0.1, -0.05) is 11.6 Å². The number of amides is 2. The van der Waals surface area contributed by atoms with Crippen LogP contribution in [0.15, 0.2) is 23.1 Å². The van der Waals surface area contributed by atoms with Gasteiger partial charge in [-0.05, 0) is 12.1 Å². The van der Waals surface area contributed by atoms with Crippen LogP contribution in [0.5, 0.6) is 5.75 Å². The molecule has 0 heterocycles. The summed E-state index contributed by atoms with van der Waals surface area (Å²) in [5.74, 6) is 5.16. The Morgan fingerprint density at radius 3 is 2.59 bits per heavy atom. The molecule has 0 aliphatic carbocycles. The summed E-state index contributed by atoms with van der Waals surface area (Å²) in [6.07, 6.45) is 0. The first-order valence-electron chi connectivity index (χ1n) is 4.27. The highest BCUT2D eigenvalue weighted by Gasteiger charge is 2.20. The third-order valence-electron chi connectivity index (χ3n) is 1.79. The standard InChI is InChI=1S/C8H10ClN3O4S/c1-16-5-2-3-7(6(9)4-5)17(14,15)12-8(13)11-10/h2-4H,10H2,1H3,(H2,11,12,13). The molecule has 0 aromatic heterocycles. The smallest absolute Gasteiger partial charge is 0.342 e. The van der Waals surface area contributed by atoms with Crippen molar-refractivity contribution >= 4 is 27.7 Å². The zero-order valence-corrected chi connectivity index (χ0v) is 10.3. The molecule has 0 aliphatic heterocycles. The van der Waals surface area contributed by atoms with Crippen LogP contribution >= 0.6 is 11.6 Å². The molecule has 1 rings (SSSR count). The van der Waals surface area contributed by atoms with Gasteiger partial charge < -0.3 is 4.74 Å². The highest BCUT2D eigenvalue weighted by molar-refractivity contribution is 7.90. The molecule has 9 heteroatoms. The van der Waals surface area contributed by atoms with Crippen LogP contribution in [0.4, 0.5) is 4.79 Å². The predicted octanol–water partition coefficient (Wildman–Crippen LogP) is 0.210. The number of sulfonamides is 1. The lowest BCUT2D eigenvalue weighted by Crippen LogP contribution is -2.42. The molecule has 0 aliphatic rings. The molecule has 0 fully saturated rings. The molecule has 1 aromatic carbocycles. The number of hydrazine groups is 1. The maximum Gasteiger partial charge on any atom is 0.342 e. The van der Waals surface area contributed by atoms with Crippen LogP contribution in [0.2, 0.25) is 5.02 Å². The van der Waals surface area contributed by atoms with Gasteiger partial charge in [-0.15, -0.1) is 0 Å². The first-order chi connectivity index (χ1) is 7.90. The minimum atomic E-state index is -4.06. The van der Waals surface area contributed by atoms with E-state index in [9.17, 15) is 13.2 Å². The minimum Gasteiger partial charge on any atom is -0.497 e. The van der Waals surface area contributed by atoms with Crippen molar-refractivity contribution in [3.05, 3.63) is 23.2 Å². The Bertz CT molecular complexity index is 532. The van der Waals surface area contributed by atoms with Crippen molar-refractivity contribution in [1.82, 2.24) is 10.1 Å². The molecule has 0 bridgehead atoms. The van der Waals surface area contributed by atoms with E-state index < -0.39 is 16.1 Å². The van der Waals surface area contributed by atoms with Crippen LogP contribution in [-0.2, 0) is 10.0 Å². The number of hydrogen-bond acceptors (Lipinski definition) is 5. The predicted molar refractivity (Wildman–Crippen MR) is 61.0 cm³/mol. The average molecular weight is 280 g/mol. The van der Waals surface area contributed by atoms with Gasteiger partial charge in [0.05, 0.1) is 12.1 Å². The first-order valence-corrected chi connectivity index (χ1v) is 6.13. The quantitative estimate of drug-likeness (QED) is 0.416. The Labute approximate surface area is 103 Å². The molecule has 7 nitrogen and oxygen atoms in total. The van der Waals surface area contributed by atoms with Crippen LogP contribution in [0, 0.1) is 0 Å². The lowest BCUT2D eigenvalue weighted by atomic mass is 10.3. The largest absolute Gasteiger partial charge is 0.497 e. The van der Waals surface area contributed by atoms with Crippen molar-refractivity contribution in [3.8, 4) is 5.75 Å². The zero-order chi connectivity index (χ0) is 13.1. The summed E-state index contributed by atoms with van der Waals surface area (Å²) in [5.41, 5.74) is 1.64. The molecule has 0 spiro atoms. The van der Waals surface area contributed by atoms with E-state index in [1.165, 1.54) is 25.3 Å². The Morgan fingerprint density at radius 2 is 2.12 bits per heavy atom. The van der Waals surface area contributed by atoms with Crippen molar-refractivity contribution in [2.24, 2.45) is 5.84 Å². The van der Waals surface area contributed by atoms with E-state index in [2.05, 4.69) is 0 Å². The zero-order valence-electron chi connectivity index (χ0n) is 8.73. The highest BCUT2D eigenvalue weighted by Crippen LogP contribution is 2.25. The molecule has 94 valence electrons. The molecule has 2 amide bonds. The van der Waals surface area contributed by atoms with Gasteiger partial charge in [-0.3, -0.25) is 5.43 Å². The van der Waals surface area contributed by atoms with E-state index in [0.29, 0.717) is 5.75 Å². The topological polar surface area (TPSA) is 111 Å². The minimum absolute atomic E-state index is 0.0679. The monoisotopic (exact) mass is 279 g/mol. The third-order valence-corrected chi connectivity index (χ3v) is 3.60. The van der Waals surface area contributed by atoms with Crippen LogP contribution in [-0.4, -0.2) is 21.6 Å². The van der Waals surface area contributed by atoms with Crippen LogP contribution < -0.4 is 20.7 Å². The SMILES string of the molecule is COc1ccc(S(=O)(=O)NC(=O)NN)c(Cl)c1. The van der Waals surface area contributed by atoms with Gasteiger partial charge >= 0.3 is 6.03 Å². The Balaban J connectivity index is 3.11. The summed E-state index contributed by atoms with van der Waals surface area (Å²) in [4.78, 5) is 10.6. The van der Waals surface area contributed by atoms with E-state index >= 15 is 0 Å². The van der Waals surface area contributed by atoms with E-state index in [1.54, 1.807) is 10.1 Å². The summed E-state index contributed by atoms with van der Waals surface area (Å²) < 4.78 is 29.9. The molecule has 0 saturated carbocycles. The first kappa shape index (κ1) is 13.6. The fraction of sp³-hybridized carbons (Fsp3) is 0.125. The van der Waals surface area contributed by atoms with Gasteiger partial charge in [0.1, 0.15) is 10.6 Å². The number of hydrogen-bond donors (Lipinski definition) is 3. The average Bonchev–Trinajstić information content (AvgIpc) is 2.27. The van der Waals surface area contributed by atoms with Crippen molar-refractivity contribution in [2.45, 2.75) is 4.90 Å². The molecule has 0 atom stereocenters. The summed E-state index contributed by atoms with van der Waals surface area (Å²) in [6, 6.07) is 2.88. The molecule has 0 saturated heterocycles. The fourth-order valence-electron chi connectivity index (χ4n) is 1.03. The molecular formula is C8H10ClN3O4S. The van der Waals surface area contributed by atoms with Crippen LogP contribution in [0.25, 0.3) is 0 Å². The van der Waals surface area contributed by atoms with Crippen molar-refractivity contribution in [2.75, 3.05) is 7.11 Å². The van der Waals surface area contributed by atoms with Gasteiger partial charge in [-0.2, -0.15) is 0 Å². The van der Waals surface area contributed by atoms with Crippen molar-refractivity contribution in [3.63, 3.8) is 0 Å². The Kier molecular flexibility index (Phi) is 4.16. The maximum atomic E-state index is 11.7. The van der Waals surface area contributed by atoms with Crippen molar-refractivity contribution < 1.29 is 17.9 Å².